The van der Waals surface area contributed by atoms with Gasteiger partial charge in [-0.15, -0.1) is 0 Å². The van der Waals surface area contributed by atoms with Gasteiger partial charge in [-0.25, -0.2) is 0 Å². The van der Waals surface area contributed by atoms with Crippen molar-refractivity contribution in [1.82, 2.24) is 15.0 Å². The van der Waals surface area contributed by atoms with Gasteiger partial charge in [-0.2, -0.15) is 4.98 Å². The molecule has 2 heterocycles. The van der Waals surface area contributed by atoms with E-state index in [1.54, 1.807) is 30.2 Å². The minimum absolute atomic E-state index is 0.0467. The maximum Gasteiger partial charge on any atom is 0.257 e. The molecule has 28 heavy (non-hydrogen) atoms. The van der Waals surface area contributed by atoms with Crippen LogP contribution in [0.25, 0.3) is 0 Å². The second-order valence-electron chi connectivity index (χ2n) is 6.49. The first-order valence-electron chi connectivity index (χ1n) is 9.15. The zero-order chi connectivity index (χ0) is 19.9. The fourth-order valence-corrected chi connectivity index (χ4v) is 3.23. The lowest BCUT2D eigenvalue weighted by Crippen LogP contribution is -2.41. The highest BCUT2D eigenvalue weighted by atomic mass is 35.5. The third-order valence-corrected chi connectivity index (χ3v) is 4.84. The largest absolute Gasteiger partial charge is 0.496 e. The molecule has 0 spiro atoms. The van der Waals surface area contributed by atoms with E-state index in [1.165, 1.54) is 7.11 Å². The second kappa shape index (κ2) is 9.86. The molecule has 0 aliphatic carbocycles. The van der Waals surface area contributed by atoms with E-state index in [0.29, 0.717) is 54.2 Å². The van der Waals surface area contributed by atoms with Crippen LogP contribution in [0.4, 0.5) is 0 Å². The average molecular weight is 410 g/mol. The summed E-state index contributed by atoms with van der Waals surface area (Å²) in [5.74, 6) is 1.48. The van der Waals surface area contributed by atoms with Crippen molar-refractivity contribution in [2.75, 3.05) is 33.9 Å². The normalized spacial score (nSPS) is 15.0. The van der Waals surface area contributed by atoms with E-state index in [0.717, 1.165) is 12.8 Å². The summed E-state index contributed by atoms with van der Waals surface area (Å²) in [6, 6.07) is 5.04. The maximum absolute atomic E-state index is 12.8. The van der Waals surface area contributed by atoms with Gasteiger partial charge in [0.15, 0.2) is 5.82 Å². The summed E-state index contributed by atoms with van der Waals surface area (Å²) >= 11 is 5.97. The van der Waals surface area contributed by atoms with Crippen LogP contribution in [0.15, 0.2) is 22.7 Å². The number of rotatable bonds is 8. The number of amides is 1. The molecule has 0 atom stereocenters. The fraction of sp³-hybridized carbons (Fsp3) is 0.526. The van der Waals surface area contributed by atoms with Gasteiger partial charge in [-0.05, 0) is 31.0 Å². The van der Waals surface area contributed by atoms with Gasteiger partial charge in [0, 0.05) is 31.6 Å². The number of nitrogens with zero attached hydrogens (tertiary/aromatic N) is 3. The van der Waals surface area contributed by atoms with Crippen molar-refractivity contribution in [3.8, 4) is 5.75 Å². The summed E-state index contributed by atoms with van der Waals surface area (Å²) in [5.41, 5.74) is 0.515. The first kappa shape index (κ1) is 20.6. The lowest BCUT2D eigenvalue weighted by atomic mass is 10.1. The summed E-state index contributed by atoms with van der Waals surface area (Å²) in [6.45, 7) is 2.03. The molecule has 0 bridgehead atoms. The first-order valence-corrected chi connectivity index (χ1v) is 9.53. The topological polar surface area (TPSA) is 86.9 Å². The van der Waals surface area contributed by atoms with E-state index >= 15 is 0 Å². The van der Waals surface area contributed by atoms with Crippen molar-refractivity contribution >= 4 is 17.5 Å². The smallest absolute Gasteiger partial charge is 0.257 e. The highest BCUT2D eigenvalue weighted by Gasteiger charge is 2.26. The minimum Gasteiger partial charge on any atom is -0.496 e. The molecule has 0 saturated carbocycles. The molecule has 1 fully saturated rings. The minimum atomic E-state index is -0.0633. The molecule has 1 amide bonds. The van der Waals surface area contributed by atoms with Crippen molar-refractivity contribution in [2.45, 2.75) is 32.0 Å². The van der Waals surface area contributed by atoms with E-state index in [1.807, 2.05) is 0 Å². The zero-order valence-electron chi connectivity index (χ0n) is 16.0. The number of ether oxygens (including phenoxy) is 3. The highest BCUT2D eigenvalue weighted by molar-refractivity contribution is 6.30. The van der Waals surface area contributed by atoms with E-state index in [-0.39, 0.29) is 18.6 Å². The number of benzene rings is 1. The number of methoxy groups -OCH3 is 2. The highest BCUT2D eigenvalue weighted by Crippen LogP contribution is 2.26. The van der Waals surface area contributed by atoms with Crippen LogP contribution in [0, 0.1) is 0 Å². The fourth-order valence-electron chi connectivity index (χ4n) is 3.07. The van der Waals surface area contributed by atoms with Gasteiger partial charge in [-0.1, -0.05) is 16.8 Å². The lowest BCUT2D eigenvalue weighted by molar-refractivity contribution is -0.00982. The Labute approximate surface area is 168 Å². The van der Waals surface area contributed by atoms with Crippen LogP contribution in [0.2, 0.25) is 5.02 Å². The molecule has 3 rings (SSSR count). The summed E-state index contributed by atoms with van der Waals surface area (Å²) in [4.78, 5) is 18.9. The number of carbonyl (C=O) groups excluding carboxylic acids is 1. The van der Waals surface area contributed by atoms with Crippen LogP contribution in [0.5, 0.6) is 5.75 Å². The average Bonchev–Trinajstić information content (AvgIpc) is 3.18. The van der Waals surface area contributed by atoms with Crippen molar-refractivity contribution in [2.24, 2.45) is 0 Å². The van der Waals surface area contributed by atoms with Crippen molar-refractivity contribution in [1.29, 1.82) is 0 Å². The Morgan fingerprint density at radius 1 is 1.32 bits per heavy atom. The van der Waals surface area contributed by atoms with Crippen LogP contribution in [-0.2, 0) is 22.5 Å². The van der Waals surface area contributed by atoms with Crippen LogP contribution in [0.3, 0.4) is 0 Å². The van der Waals surface area contributed by atoms with Crippen LogP contribution < -0.4 is 4.74 Å². The van der Waals surface area contributed by atoms with Gasteiger partial charge in [0.25, 0.3) is 11.8 Å². The van der Waals surface area contributed by atoms with Crippen molar-refractivity contribution in [3.63, 3.8) is 0 Å². The van der Waals surface area contributed by atoms with Gasteiger partial charge < -0.3 is 23.6 Å². The number of hydrogen-bond donors (Lipinski definition) is 0. The van der Waals surface area contributed by atoms with E-state index in [4.69, 9.17) is 30.3 Å². The van der Waals surface area contributed by atoms with Crippen LogP contribution in [0.1, 0.15) is 34.9 Å². The Hall–Kier alpha value is -2.16. The molecule has 1 aromatic carbocycles. The van der Waals surface area contributed by atoms with Crippen LogP contribution in [-0.4, -0.2) is 61.0 Å². The standard InChI is InChI=1S/C19H24ClN3O5/c1-25-10-7-17-21-18(28-22-17)12-27-14-5-8-23(9-6-14)19(24)15-4-3-13(20)11-16(15)26-2/h3-4,11,14H,5-10,12H2,1-2H3. The Bertz CT molecular complexity index is 790. The molecular formula is C19H24ClN3O5. The number of aromatic nitrogens is 2. The maximum atomic E-state index is 12.8. The molecule has 1 aromatic heterocycles. The van der Waals surface area contributed by atoms with Gasteiger partial charge in [0.05, 0.1) is 25.4 Å². The van der Waals surface area contributed by atoms with E-state index < -0.39 is 0 Å². The number of halogens is 1. The molecular weight excluding hydrogens is 386 g/mol. The van der Waals surface area contributed by atoms with E-state index in [9.17, 15) is 4.79 Å². The number of carbonyl (C=O) groups is 1. The summed E-state index contributed by atoms with van der Waals surface area (Å²) in [7, 11) is 3.16. The van der Waals surface area contributed by atoms with Gasteiger partial charge in [0.1, 0.15) is 12.4 Å². The predicted octanol–water partition coefficient (Wildman–Crippen LogP) is 2.74. The van der Waals surface area contributed by atoms with Gasteiger partial charge >= 0.3 is 0 Å². The molecule has 2 aromatic rings. The van der Waals surface area contributed by atoms with E-state index in [2.05, 4.69) is 10.1 Å². The first-order chi connectivity index (χ1) is 13.6. The molecule has 0 unspecified atom stereocenters. The summed E-state index contributed by atoms with van der Waals surface area (Å²) in [5, 5.41) is 4.42. The van der Waals surface area contributed by atoms with Gasteiger partial charge in [-0.3, -0.25) is 4.79 Å². The Balaban J connectivity index is 1.48. The molecule has 152 valence electrons. The second-order valence-corrected chi connectivity index (χ2v) is 6.93. The number of likely N-dealkylation sites (tertiary alicyclic amines) is 1. The molecule has 9 heteroatoms. The molecule has 1 aliphatic heterocycles. The molecule has 1 aliphatic rings. The van der Waals surface area contributed by atoms with Crippen molar-refractivity contribution < 1.29 is 23.5 Å². The van der Waals surface area contributed by atoms with Crippen molar-refractivity contribution in [3.05, 3.63) is 40.5 Å². The predicted molar refractivity (Wildman–Crippen MR) is 102 cm³/mol. The molecule has 0 N–H and O–H groups in total. The Kier molecular flexibility index (Phi) is 7.24. The lowest BCUT2D eigenvalue weighted by Gasteiger charge is -2.32. The van der Waals surface area contributed by atoms with Crippen LogP contribution >= 0.6 is 11.6 Å². The summed E-state index contributed by atoms with van der Waals surface area (Å²) < 4.78 is 21.3. The third kappa shape index (κ3) is 5.21. The molecule has 8 nitrogen and oxygen atoms in total. The Morgan fingerprint density at radius 2 is 2.11 bits per heavy atom. The quantitative estimate of drug-likeness (QED) is 0.662. The number of piperidine rings is 1. The van der Waals surface area contributed by atoms with Gasteiger partial charge in [0.2, 0.25) is 0 Å². The molecule has 0 radical (unpaired) electrons. The number of hydrogen-bond acceptors (Lipinski definition) is 7. The summed E-state index contributed by atoms with van der Waals surface area (Å²) in [6.07, 6.45) is 2.14. The third-order valence-electron chi connectivity index (χ3n) is 4.61. The monoisotopic (exact) mass is 409 g/mol. The SMILES string of the molecule is COCCc1noc(COC2CCN(C(=O)c3ccc(Cl)cc3OC)CC2)n1. The Morgan fingerprint density at radius 3 is 2.82 bits per heavy atom. The molecule has 1 saturated heterocycles. The zero-order valence-corrected chi connectivity index (χ0v) is 16.8.